The first kappa shape index (κ1) is 20.6. The van der Waals surface area contributed by atoms with Gasteiger partial charge in [-0.25, -0.2) is 0 Å². The van der Waals surface area contributed by atoms with Gasteiger partial charge in [0.2, 0.25) is 17.4 Å². The largest absolute Gasteiger partial charge is 0.467 e. The van der Waals surface area contributed by atoms with Gasteiger partial charge >= 0.3 is 10.1 Å². The van der Waals surface area contributed by atoms with Crippen LogP contribution in [0.2, 0.25) is 0 Å². The summed E-state index contributed by atoms with van der Waals surface area (Å²) in [4.78, 5) is 12.8. The second-order valence-corrected chi connectivity index (χ2v) is 8.00. The molecule has 0 unspecified atom stereocenters. The summed E-state index contributed by atoms with van der Waals surface area (Å²) >= 11 is 0. The summed E-state index contributed by atoms with van der Waals surface area (Å²) in [6.45, 7) is 0. The van der Waals surface area contributed by atoms with Crippen LogP contribution in [0.4, 0.5) is 0 Å². The summed E-state index contributed by atoms with van der Waals surface area (Å²) in [6.07, 6.45) is 0. The molecule has 0 fully saturated rings. The molecule has 1 aliphatic rings. The predicted molar refractivity (Wildman–Crippen MR) is 106 cm³/mol. The third-order valence-corrected chi connectivity index (χ3v) is 5.76. The minimum absolute atomic E-state index is 0.0247. The Morgan fingerprint density at radius 1 is 1.10 bits per heavy atom. The van der Waals surface area contributed by atoms with Crippen LogP contribution in [0.3, 0.4) is 0 Å². The van der Waals surface area contributed by atoms with E-state index in [9.17, 15) is 13.2 Å². The van der Waals surface area contributed by atoms with Crippen molar-refractivity contribution in [1.29, 1.82) is 5.26 Å². The summed E-state index contributed by atoms with van der Waals surface area (Å²) in [5.74, 6) is -2.53. The molecule has 138 valence electrons. The van der Waals surface area contributed by atoms with Gasteiger partial charge in [-0.05, 0) is 23.3 Å². The quantitative estimate of drug-likeness (QED) is 0.559. The Morgan fingerprint density at radius 3 is 2.24 bits per heavy atom. The van der Waals surface area contributed by atoms with Gasteiger partial charge in [-0.15, -0.1) is 0 Å². The molecule has 3 rings (SSSR count). The van der Waals surface area contributed by atoms with E-state index in [1.807, 2.05) is 6.07 Å². The molecule has 0 saturated carbocycles. The average Bonchev–Trinajstić information content (AvgIpc) is 2.92. The first-order chi connectivity index (χ1) is 13.5. The zero-order valence-corrected chi connectivity index (χ0v) is 15.7. The van der Waals surface area contributed by atoms with Gasteiger partial charge in [-0.3, -0.25) is 4.79 Å². The summed E-state index contributed by atoms with van der Waals surface area (Å²) in [7, 11) is 12.8. The standard InChI is InChI=1S/C18H11B3N2O5S/c19-17(12-8-6-11(10-22)7-9-12)15(24)14(16(23)27-17)28-29(25,26)18(20,21)13-4-2-1-3-5-13/h1-9H,23H2/t17-/m0/s1. The lowest BCUT2D eigenvalue weighted by molar-refractivity contribution is -0.126. The van der Waals surface area contributed by atoms with Crippen molar-refractivity contribution in [2.75, 3.05) is 0 Å². The SMILES string of the molecule is [B]C([B])(c1ccccc1)S(=O)(=O)OC1=C(N)O[C@@]([B])(c2ccc(C#N)cc2)C1=O. The Balaban J connectivity index is 1.92. The molecule has 1 aliphatic heterocycles. The number of hydrogen-bond acceptors (Lipinski definition) is 7. The number of carbonyl (C=O) groups excluding carboxylic acids is 1. The summed E-state index contributed by atoms with van der Waals surface area (Å²) < 4.78 is 33.0. The molecule has 2 aromatic carbocycles. The number of ketones is 1. The Morgan fingerprint density at radius 2 is 1.69 bits per heavy atom. The van der Waals surface area contributed by atoms with Gasteiger partial charge in [-0.1, -0.05) is 42.5 Å². The molecule has 11 heteroatoms. The first-order valence-corrected chi connectivity index (χ1v) is 9.54. The van der Waals surface area contributed by atoms with E-state index in [-0.39, 0.29) is 11.1 Å². The number of ether oxygens (including phenoxy) is 1. The molecule has 0 aromatic heterocycles. The van der Waals surface area contributed by atoms with Crippen LogP contribution in [-0.4, -0.2) is 37.7 Å². The zero-order chi connectivity index (χ0) is 21.4. The van der Waals surface area contributed by atoms with Crippen LogP contribution >= 0.6 is 0 Å². The van der Waals surface area contributed by atoms with Crippen LogP contribution < -0.4 is 5.73 Å². The van der Waals surface area contributed by atoms with Crippen molar-refractivity contribution in [3.63, 3.8) is 0 Å². The van der Waals surface area contributed by atoms with Crippen molar-refractivity contribution in [3.8, 4) is 6.07 Å². The Bertz CT molecular complexity index is 1140. The van der Waals surface area contributed by atoms with E-state index < -0.39 is 37.6 Å². The normalized spacial score (nSPS) is 19.5. The molecule has 29 heavy (non-hydrogen) atoms. The summed E-state index contributed by atoms with van der Waals surface area (Å²) in [6, 6.07) is 15.0. The van der Waals surface area contributed by atoms with E-state index in [2.05, 4.69) is 0 Å². The monoisotopic (exact) mass is 400 g/mol. The third kappa shape index (κ3) is 3.40. The van der Waals surface area contributed by atoms with Crippen LogP contribution in [0.15, 0.2) is 66.2 Å². The molecule has 2 aromatic rings. The number of nitrogens with two attached hydrogens (primary N) is 1. The first-order valence-electron chi connectivity index (χ1n) is 8.13. The molecule has 1 heterocycles. The van der Waals surface area contributed by atoms with E-state index in [0.717, 1.165) is 0 Å². The van der Waals surface area contributed by atoms with Gasteiger partial charge in [-0.2, -0.15) is 13.7 Å². The van der Waals surface area contributed by atoms with Crippen molar-refractivity contribution < 1.29 is 22.1 Å². The molecule has 2 N–H and O–H groups in total. The number of nitriles is 1. The fourth-order valence-corrected chi connectivity index (χ4v) is 3.57. The van der Waals surface area contributed by atoms with Gasteiger partial charge < -0.3 is 14.7 Å². The van der Waals surface area contributed by atoms with Crippen molar-refractivity contribution in [1.82, 2.24) is 0 Å². The molecule has 7 nitrogen and oxygen atoms in total. The highest BCUT2D eigenvalue weighted by Crippen LogP contribution is 2.37. The Kier molecular flexibility index (Phi) is 5.01. The van der Waals surface area contributed by atoms with Gasteiger partial charge in [0.1, 0.15) is 7.85 Å². The highest BCUT2D eigenvalue weighted by atomic mass is 32.2. The van der Waals surface area contributed by atoms with E-state index in [1.54, 1.807) is 6.07 Å². The summed E-state index contributed by atoms with van der Waals surface area (Å²) in [5, 5.41) is 8.87. The van der Waals surface area contributed by atoms with Crippen molar-refractivity contribution in [2.24, 2.45) is 5.73 Å². The zero-order valence-electron chi connectivity index (χ0n) is 14.9. The van der Waals surface area contributed by atoms with E-state index in [1.165, 1.54) is 48.5 Å². The van der Waals surface area contributed by atoms with Gasteiger partial charge in [0, 0.05) is 0 Å². The number of hydrogen-bond donors (Lipinski definition) is 1. The Hall–Kier alpha value is -3.12. The van der Waals surface area contributed by atoms with Crippen molar-refractivity contribution in [3.05, 3.63) is 82.9 Å². The number of rotatable bonds is 5. The molecule has 0 bridgehead atoms. The maximum Gasteiger partial charge on any atom is 0.302 e. The Labute approximate surface area is 171 Å². The molecular weight excluding hydrogens is 389 g/mol. The number of Topliss-reactive ketones (excluding diaryl/α,β-unsaturated/α-hetero) is 1. The van der Waals surface area contributed by atoms with Gasteiger partial charge in [0.05, 0.1) is 31.9 Å². The number of benzene rings is 2. The highest BCUT2D eigenvalue weighted by molar-refractivity contribution is 7.90. The maximum atomic E-state index is 12.8. The number of nitrogens with zero attached hydrogens (tertiary/aromatic N) is 1. The van der Waals surface area contributed by atoms with Crippen LogP contribution in [-0.2, 0) is 33.9 Å². The minimum atomic E-state index is -4.79. The second kappa shape index (κ2) is 7.05. The summed E-state index contributed by atoms with van der Waals surface area (Å²) in [5.41, 5.74) is 4.00. The lowest BCUT2D eigenvalue weighted by Crippen LogP contribution is -2.40. The predicted octanol–water partition coefficient (Wildman–Crippen LogP) is 0.101. The van der Waals surface area contributed by atoms with Gasteiger partial charge in [0.25, 0.3) is 0 Å². The molecular formula is C18H11B3N2O5S. The minimum Gasteiger partial charge on any atom is -0.467 e. The molecule has 1 atom stereocenters. The smallest absolute Gasteiger partial charge is 0.302 e. The maximum absolute atomic E-state index is 12.8. The molecule has 6 radical (unpaired) electrons. The van der Waals surface area contributed by atoms with E-state index in [4.69, 9.17) is 43.5 Å². The van der Waals surface area contributed by atoms with Crippen molar-refractivity contribution >= 4 is 39.4 Å². The molecule has 0 saturated heterocycles. The topological polar surface area (TPSA) is 119 Å². The molecule has 0 amide bonds. The molecule has 0 aliphatic carbocycles. The average molecular weight is 400 g/mol. The molecule has 0 spiro atoms. The lowest BCUT2D eigenvalue weighted by Gasteiger charge is -2.26. The lowest BCUT2D eigenvalue weighted by atomic mass is 9.65. The van der Waals surface area contributed by atoms with Crippen LogP contribution in [0.5, 0.6) is 0 Å². The fraction of sp³-hybridized carbons (Fsp3) is 0.111. The van der Waals surface area contributed by atoms with Crippen LogP contribution in [0.1, 0.15) is 16.7 Å². The third-order valence-electron chi connectivity index (χ3n) is 4.31. The van der Waals surface area contributed by atoms with Crippen LogP contribution in [0, 0.1) is 11.3 Å². The second-order valence-electron chi connectivity index (χ2n) is 6.25. The van der Waals surface area contributed by atoms with Crippen molar-refractivity contribution in [2.45, 2.75) is 10.0 Å². The fourth-order valence-electron chi connectivity index (χ4n) is 2.63. The number of carbonyl (C=O) groups is 1. The van der Waals surface area contributed by atoms with E-state index >= 15 is 0 Å². The van der Waals surface area contributed by atoms with Gasteiger partial charge in [0.15, 0.2) is 5.50 Å². The van der Waals surface area contributed by atoms with Crippen LogP contribution in [0.25, 0.3) is 0 Å². The van der Waals surface area contributed by atoms with E-state index in [0.29, 0.717) is 5.56 Å². The highest BCUT2D eigenvalue weighted by Gasteiger charge is 2.50.